The van der Waals surface area contributed by atoms with Crippen molar-refractivity contribution in [1.29, 1.82) is 5.26 Å². The molecule has 1 aromatic heterocycles. The highest BCUT2D eigenvalue weighted by Crippen LogP contribution is 2.32. The molecule has 1 fully saturated rings. The molecule has 23 heavy (non-hydrogen) atoms. The molecule has 1 atom stereocenters. The molecule has 1 N–H and O–H groups in total. The average Bonchev–Trinajstić information content (AvgIpc) is 2.94. The molecule has 0 spiro atoms. The van der Waals surface area contributed by atoms with Crippen LogP contribution in [0.5, 0.6) is 0 Å². The lowest BCUT2D eigenvalue weighted by Crippen LogP contribution is -2.44. The van der Waals surface area contributed by atoms with E-state index in [1.54, 1.807) is 0 Å². The number of nitrogens with one attached hydrogen (secondary N) is 1. The van der Waals surface area contributed by atoms with Gasteiger partial charge in [-0.15, -0.1) is 0 Å². The Balaban J connectivity index is 1.83. The lowest BCUT2D eigenvalue weighted by molar-refractivity contribution is -0.122. The van der Waals surface area contributed by atoms with Gasteiger partial charge in [0, 0.05) is 25.6 Å². The van der Waals surface area contributed by atoms with Gasteiger partial charge in [0.2, 0.25) is 5.91 Å². The van der Waals surface area contributed by atoms with Crippen LogP contribution in [0.1, 0.15) is 37.5 Å². The summed E-state index contributed by atoms with van der Waals surface area (Å²) in [6.45, 7) is 3.19. The number of thiazole rings is 1. The van der Waals surface area contributed by atoms with Gasteiger partial charge in [0.1, 0.15) is 10.9 Å². The van der Waals surface area contributed by atoms with Gasteiger partial charge in [0.05, 0.1) is 6.67 Å². The molecule has 1 amide bonds. The van der Waals surface area contributed by atoms with E-state index in [4.69, 9.17) is 16.9 Å². The number of hydrogen-bond acceptors (Lipinski definition) is 5. The summed E-state index contributed by atoms with van der Waals surface area (Å²) in [5, 5.41) is 13.0. The van der Waals surface area contributed by atoms with E-state index in [2.05, 4.69) is 15.2 Å². The zero-order valence-corrected chi connectivity index (χ0v) is 14.6. The minimum Gasteiger partial charge on any atom is -0.353 e. The number of rotatable bonds is 6. The molecule has 1 aliphatic rings. The molecule has 1 saturated heterocycles. The molecule has 1 aliphatic heterocycles. The van der Waals surface area contributed by atoms with E-state index in [0.29, 0.717) is 10.8 Å². The lowest BCUT2D eigenvalue weighted by atomic mass is 9.90. The summed E-state index contributed by atoms with van der Waals surface area (Å²) < 4.78 is 12.1. The molecule has 2 heterocycles. The summed E-state index contributed by atoms with van der Waals surface area (Å²) in [5.41, 5.74) is 0. The van der Waals surface area contributed by atoms with Crippen LogP contribution < -0.4 is 10.2 Å². The smallest absolute Gasteiger partial charge is 0.220 e. The summed E-state index contributed by atoms with van der Waals surface area (Å²) in [5.74, 6) is 0.314. The topological polar surface area (TPSA) is 69.0 Å². The van der Waals surface area contributed by atoms with E-state index in [9.17, 15) is 9.18 Å². The van der Waals surface area contributed by atoms with Crippen molar-refractivity contribution in [2.45, 2.75) is 38.6 Å². The van der Waals surface area contributed by atoms with Crippen LogP contribution in [0.15, 0.2) is 0 Å². The van der Waals surface area contributed by atoms with Crippen LogP contribution in [0.25, 0.3) is 0 Å². The fourth-order valence-corrected chi connectivity index (χ4v) is 3.85. The van der Waals surface area contributed by atoms with Crippen LogP contribution in [-0.4, -0.2) is 36.7 Å². The summed E-state index contributed by atoms with van der Waals surface area (Å²) >= 11 is 7.23. The van der Waals surface area contributed by atoms with Crippen LogP contribution in [0, 0.1) is 17.2 Å². The first-order valence-corrected chi connectivity index (χ1v) is 8.91. The number of amides is 1. The van der Waals surface area contributed by atoms with Crippen molar-refractivity contribution in [3.05, 3.63) is 10.0 Å². The third kappa shape index (κ3) is 4.79. The summed E-state index contributed by atoms with van der Waals surface area (Å²) in [6.07, 6.45) is 2.39. The number of aromatic nitrogens is 1. The van der Waals surface area contributed by atoms with E-state index < -0.39 is 6.67 Å². The average molecular weight is 359 g/mol. The first-order chi connectivity index (χ1) is 11.0. The highest BCUT2D eigenvalue weighted by Gasteiger charge is 2.26. The van der Waals surface area contributed by atoms with E-state index in [1.165, 1.54) is 11.3 Å². The van der Waals surface area contributed by atoms with Crippen LogP contribution in [-0.2, 0) is 4.79 Å². The Labute approximate surface area is 144 Å². The van der Waals surface area contributed by atoms with Crippen molar-refractivity contribution < 1.29 is 9.18 Å². The molecule has 0 aromatic carbocycles. The normalized spacial score (nSPS) is 16.9. The second kappa shape index (κ2) is 8.46. The van der Waals surface area contributed by atoms with E-state index in [-0.39, 0.29) is 29.9 Å². The van der Waals surface area contributed by atoms with Gasteiger partial charge in [-0.3, -0.25) is 9.18 Å². The van der Waals surface area contributed by atoms with Gasteiger partial charge in [-0.2, -0.15) is 5.26 Å². The maximum atomic E-state index is 12.1. The Hall–Kier alpha value is -1.39. The van der Waals surface area contributed by atoms with Gasteiger partial charge in [-0.1, -0.05) is 22.9 Å². The predicted molar refractivity (Wildman–Crippen MR) is 89.6 cm³/mol. The fraction of sp³-hybridized carbons (Fsp3) is 0.667. The molecule has 2 rings (SSSR count). The van der Waals surface area contributed by atoms with Gasteiger partial charge >= 0.3 is 0 Å². The van der Waals surface area contributed by atoms with Gasteiger partial charge in [-0.25, -0.2) is 4.98 Å². The van der Waals surface area contributed by atoms with Gasteiger partial charge in [0.15, 0.2) is 10.3 Å². The number of anilines is 1. The number of nitrogens with zero attached hydrogens (tertiary/aromatic N) is 3. The number of alkyl halides is 1. The molecule has 0 saturated carbocycles. The number of carbonyl (C=O) groups excluding carboxylic acids is 1. The van der Waals surface area contributed by atoms with Gasteiger partial charge in [-0.05, 0) is 32.1 Å². The Morgan fingerprint density at radius 2 is 2.30 bits per heavy atom. The first kappa shape index (κ1) is 18.0. The fourth-order valence-electron chi connectivity index (χ4n) is 2.76. The molecule has 0 unspecified atom stereocenters. The third-order valence-corrected chi connectivity index (χ3v) is 5.53. The molecule has 0 radical (unpaired) electrons. The quantitative estimate of drug-likeness (QED) is 0.848. The maximum absolute atomic E-state index is 12.1. The first-order valence-electron chi connectivity index (χ1n) is 7.71. The zero-order chi connectivity index (χ0) is 16.8. The number of nitriles is 1. The molecule has 0 aliphatic carbocycles. The van der Waals surface area contributed by atoms with Crippen molar-refractivity contribution >= 4 is 34.0 Å². The predicted octanol–water partition coefficient (Wildman–Crippen LogP) is 3.14. The van der Waals surface area contributed by atoms with Crippen molar-refractivity contribution in [2.24, 2.45) is 5.92 Å². The van der Waals surface area contributed by atoms with E-state index in [0.717, 1.165) is 31.1 Å². The number of hydrogen-bond donors (Lipinski definition) is 1. The molecule has 0 bridgehead atoms. The summed E-state index contributed by atoms with van der Waals surface area (Å²) in [6, 6.07) is 2.13. The van der Waals surface area contributed by atoms with Gasteiger partial charge in [0.25, 0.3) is 0 Å². The SMILES string of the molecule is C[C@@H](NC(=O)CCCF)C1CCN(c2nc(Cl)c(C#N)s2)CC1. The largest absolute Gasteiger partial charge is 0.353 e. The Morgan fingerprint density at radius 1 is 1.61 bits per heavy atom. The van der Waals surface area contributed by atoms with Crippen LogP contribution in [0.3, 0.4) is 0 Å². The molecular weight excluding hydrogens is 339 g/mol. The Bertz CT molecular complexity index is 581. The minimum atomic E-state index is -0.457. The molecule has 5 nitrogen and oxygen atoms in total. The highest BCUT2D eigenvalue weighted by atomic mass is 35.5. The minimum absolute atomic E-state index is 0.0806. The number of carbonyl (C=O) groups is 1. The maximum Gasteiger partial charge on any atom is 0.220 e. The van der Waals surface area contributed by atoms with Gasteiger partial charge < -0.3 is 10.2 Å². The van der Waals surface area contributed by atoms with Crippen molar-refractivity contribution in [3.8, 4) is 6.07 Å². The van der Waals surface area contributed by atoms with Crippen LogP contribution >= 0.6 is 22.9 Å². The standard InChI is InChI=1S/C15H20ClFN4OS/c1-10(19-13(22)3-2-6-17)11-4-7-21(8-5-11)15-20-14(16)12(9-18)23-15/h10-11H,2-8H2,1H3,(H,19,22)/t10-/m1/s1. The van der Waals surface area contributed by atoms with Crippen LogP contribution in [0.2, 0.25) is 5.15 Å². The zero-order valence-electron chi connectivity index (χ0n) is 13.0. The lowest BCUT2D eigenvalue weighted by Gasteiger charge is -2.35. The Kier molecular flexibility index (Phi) is 6.60. The third-order valence-electron chi connectivity index (χ3n) is 4.12. The molecule has 126 valence electrons. The van der Waals surface area contributed by atoms with E-state index >= 15 is 0 Å². The number of halogens is 2. The van der Waals surface area contributed by atoms with E-state index in [1.807, 2.05) is 13.0 Å². The number of piperidine rings is 1. The highest BCUT2D eigenvalue weighted by molar-refractivity contribution is 7.16. The summed E-state index contributed by atoms with van der Waals surface area (Å²) in [7, 11) is 0. The van der Waals surface area contributed by atoms with Crippen LogP contribution in [0.4, 0.5) is 9.52 Å². The second-order valence-corrected chi connectivity index (χ2v) is 7.04. The summed E-state index contributed by atoms with van der Waals surface area (Å²) in [4.78, 5) is 18.5. The Morgan fingerprint density at radius 3 is 2.87 bits per heavy atom. The van der Waals surface area contributed by atoms with Crippen molar-refractivity contribution in [2.75, 3.05) is 24.7 Å². The molecule has 8 heteroatoms. The monoisotopic (exact) mass is 358 g/mol. The van der Waals surface area contributed by atoms with Crippen molar-refractivity contribution in [1.82, 2.24) is 10.3 Å². The molecular formula is C15H20ClFN4OS. The molecule has 1 aromatic rings. The van der Waals surface area contributed by atoms with Crippen molar-refractivity contribution in [3.63, 3.8) is 0 Å². The second-order valence-electron chi connectivity index (χ2n) is 5.70.